The van der Waals surface area contributed by atoms with Crippen LogP contribution in [0.1, 0.15) is 53.2 Å². The molecule has 0 aromatic carbocycles. The highest BCUT2D eigenvalue weighted by molar-refractivity contribution is 7.54. The fourth-order valence-electron chi connectivity index (χ4n) is 3.65. The number of hydrogen-bond acceptors (Lipinski definition) is 10. The van der Waals surface area contributed by atoms with E-state index >= 15 is 0 Å². The molecule has 3 unspecified atom stereocenters. The lowest BCUT2D eigenvalue weighted by Crippen LogP contribution is -2.40. The van der Waals surface area contributed by atoms with Crippen LogP contribution in [0.25, 0.3) is 11.2 Å². The Labute approximate surface area is 190 Å². The summed E-state index contributed by atoms with van der Waals surface area (Å²) in [5.74, 6) is -0.0625. The van der Waals surface area contributed by atoms with Crippen LogP contribution in [0, 0.1) is 0 Å². The van der Waals surface area contributed by atoms with Crippen LogP contribution in [0.3, 0.4) is 0 Å². The summed E-state index contributed by atoms with van der Waals surface area (Å²) in [6, 6.07) is 0. The fraction of sp³-hybridized carbons (Fsp3) is 0.737. The van der Waals surface area contributed by atoms with Gasteiger partial charge in [0.15, 0.2) is 22.7 Å². The number of ether oxygens (including phenoxy) is 1. The quantitative estimate of drug-likeness (QED) is 0.318. The van der Waals surface area contributed by atoms with Crippen molar-refractivity contribution < 1.29 is 34.0 Å². The van der Waals surface area contributed by atoms with Crippen molar-refractivity contribution in [1.29, 1.82) is 0 Å². The first-order valence-electron chi connectivity index (χ1n) is 10.6. The Morgan fingerprint density at radius 2 is 1.91 bits per heavy atom. The van der Waals surface area contributed by atoms with Gasteiger partial charge in [-0.05, 0) is 26.7 Å². The van der Waals surface area contributed by atoms with Gasteiger partial charge < -0.3 is 35.2 Å². The SMILES string of the molecule is CCC(C)(O)P(=O)(O)O[C@@](C)(CC)CC1O[C@@H](n2cnc3c(=O)n(C)c(N)nc32)[C@H](O)[C@@H]1O. The molecular weight excluding hydrogens is 457 g/mol. The molecule has 2 aromatic heterocycles. The normalized spacial score (nSPS) is 29.0. The van der Waals surface area contributed by atoms with Gasteiger partial charge in [-0.25, -0.2) is 4.98 Å². The number of nitrogens with two attached hydrogens (primary N) is 1. The van der Waals surface area contributed by atoms with Crippen LogP contribution in [0.15, 0.2) is 11.1 Å². The third-order valence-electron chi connectivity index (χ3n) is 6.45. The van der Waals surface area contributed by atoms with Crippen LogP contribution >= 0.6 is 7.60 Å². The van der Waals surface area contributed by atoms with Gasteiger partial charge in [-0.2, -0.15) is 4.98 Å². The number of rotatable bonds is 8. The number of imidazole rings is 1. The van der Waals surface area contributed by atoms with E-state index < -0.39 is 48.6 Å². The van der Waals surface area contributed by atoms with Crippen molar-refractivity contribution in [2.24, 2.45) is 7.05 Å². The Bertz CT molecular complexity index is 1130. The van der Waals surface area contributed by atoms with Gasteiger partial charge in [0.05, 0.1) is 18.0 Å². The van der Waals surface area contributed by atoms with Gasteiger partial charge in [-0.15, -0.1) is 0 Å². The third kappa shape index (κ3) is 4.46. The average Bonchev–Trinajstić information content (AvgIpc) is 3.27. The van der Waals surface area contributed by atoms with Crippen molar-refractivity contribution in [2.45, 2.75) is 82.4 Å². The summed E-state index contributed by atoms with van der Waals surface area (Å²) < 4.78 is 26.6. The third-order valence-corrected chi connectivity index (χ3v) is 8.68. The summed E-state index contributed by atoms with van der Waals surface area (Å²) in [7, 11) is -3.01. The second-order valence-electron chi connectivity index (χ2n) is 8.89. The zero-order valence-electron chi connectivity index (χ0n) is 19.2. The number of nitrogens with zero attached hydrogens (tertiary/aromatic N) is 4. The largest absolute Gasteiger partial charge is 0.388 e. The first-order valence-corrected chi connectivity index (χ1v) is 12.2. The number of anilines is 1. The van der Waals surface area contributed by atoms with Gasteiger partial charge in [0.25, 0.3) is 5.56 Å². The molecule has 1 aliphatic rings. The van der Waals surface area contributed by atoms with E-state index in [2.05, 4.69) is 9.97 Å². The van der Waals surface area contributed by atoms with E-state index in [0.717, 1.165) is 4.57 Å². The van der Waals surface area contributed by atoms with Gasteiger partial charge in [-0.3, -0.25) is 18.5 Å². The Kier molecular flexibility index (Phi) is 6.82. The summed E-state index contributed by atoms with van der Waals surface area (Å²) in [6.45, 7) is 6.07. The molecule has 3 rings (SSSR count). The maximum atomic E-state index is 12.7. The molecule has 0 amide bonds. The Morgan fingerprint density at radius 3 is 2.48 bits per heavy atom. The maximum absolute atomic E-state index is 12.7. The fourth-order valence-corrected chi connectivity index (χ4v) is 5.04. The number of aliphatic hydroxyl groups is 3. The predicted molar refractivity (Wildman–Crippen MR) is 118 cm³/mol. The standard InChI is InChI=1S/C19H32N5O8P/c1-6-18(3,32-33(29,30)19(4,28)7-2)8-10-12(25)13(26)16(31-10)24-9-21-11-14(24)22-17(20)23(5)15(11)27/h9-10,12-13,16,25-26,28H,6-8H2,1-5H3,(H2,20,22)(H,29,30)/t10?,12-,13-,16-,18+,19?/m1/s1. The summed E-state index contributed by atoms with van der Waals surface area (Å²) in [5.41, 5.74) is 4.14. The average molecular weight is 489 g/mol. The minimum Gasteiger partial charge on any atom is -0.388 e. The molecular formula is C19H32N5O8P. The number of fused-ring (bicyclic) bond motifs is 1. The number of aliphatic hydroxyl groups excluding tert-OH is 2. The first-order chi connectivity index (χ1) is 15.2. The Morgan fingerprint density at radius 1 is 1.27 bits per heavy atom. The van der Waals surface area contributed by atoms with Crippen molar-refractivity contribution in [3.8, 4) is 0 Å². The minimum absolute atomic E-state index is 0.00674. The number of nitrogen functional groups attached to an aromatic ring is 1. The minimum atomic E-state index is -4.46. The molecule has 1 aliphatic heterocycles. The summed E-state index contributed by atoms with van der Waals surface area (Å²) in [5, 5.41) is 29.7. The van der Waals surface area contributed by atoms with Crippen molar-refractivity contribution >= 4 is 24.7 Å². The lowest BCUT2D eigenvalue weighted by molar-refractivity contribution is -0.0689. The molecule has 186 valence electrons. The molecule has 2 aromatic rings. The van der Waals surface area contributed by atoms with Gasteiger partial charge in [0, 0.05) is 13.5 Å². The molecule has 13 nitrogen and oxygen atoms in total. The highest BCUT2D eigenvalue weighted by atomic mass is 31.2. The van der Waals surface area contributed by atoms with Gasteiger partial charge >= 0.3 is 7.60 Å². The molecule has 0 saturated carbocycles. The monoisotopic (exact) mass is 489 g/mol. The maximum Gasteiger partial charge on any atom is 0.359 e. The van der Waals surface area contributed by atoms with Crippen LogP contribution in [0.4, 0.5) is 5.95 Å². The van der Waals surface area contributed by atoms with Gasteiger partial charge in [-0.1, -0.05) is 13.8 Å². The van der Waals surface area contributed by atoms with E-state index in [-0.39, 0.29) is 36.4 Å². The lowest BCUT2D eigenvalue weighted by atomic mass is 9.93. The van der Waals surface area contributed by atoms with E-state index in [1.165, 1.54) is 24.9 Å². The van der Waals surface area contributed by atoms with Crippen LogP contribution in [0.2, 0.25) is 0 Å². The van der Waals surface area contributed by atoms with E-state index in [4.69, 9.17) is 15.0 Å². The highest BCUT2D eigenvalue weighted by Gasteiger charge is 2.50. The lowest BCUT2D eigenvalue weighted by Gasteiger charge is -2.37. The van der Waals surface area contributed by atoms with Crippen molar-refractivity contribution in [1.82, 2.24) is 19.1 Å². The summed E-state index contributed by atoms with van der Waals surface area (Å²) >= 11 is 0. The second-order valence-corrected chi connectivity index (χ2v) is 11.1. The van der Waals surface area contributed by atoms with E-state index in [0.29, 0.717) is 0 Å². The second kappa shape index (κ2) is 8.73. The van der Waals surface area contributed by atoms with Crippen LogP contribution in [-0.2, 0) is 20.9 Å². The molecule has 0 spiro atoms. The van der Waals surface area contributed by atoms with Crippen molar-refractivity contribution in [3.05, 3.63) is 16.7 Å². The smallest absolute Gasteiger partial charge is 0.359 e. The molecule has 1 fully saturated rings. The van der Waals surface area contributed by atoms with Gasteiger partial charge in [0.1, 0.15) is 12.2 Å². The number of aromatic nitrogens is 4. The highest BCUT2D eigenvalue weighted by Crippen LogP contribution is 2.59. The zero-order valence-corrected chi connectivity index (χ0v) is 20.1. The predicted octanol–water partition coefficient (Wildman–Crippen LogP) is 0.211. The molecule has 6 N–H and O–H groups in total. The first kappa shape index (κ1) is 25.8. The zero-order chi connectivity index (χ0) is 24.9. The van der Waals surface area contributed by atoms with Crippen molar-refractivity contribution in [3.63, 3.8) is 0 Å². The molecule has 3 heterocycles. The van der Waals surface area contributed by atoms with Crippen LogP contribution < -0.4 is 11.3 Å². The molecule has 0 bridgehead atoms. The molecule has 33 heavy (non-hydrogen) atoms. The molecule has 0 radical (unpaired) electrons. The van der Waals surface area contributed by atoms with E-state index in [1.807, 2.05) is 0 Å². The molecule has 14 heteroatoms. The number of hydrogen-bond donors (Lipinski definition) is 5. The van der Waals surface area contributed by atoms with Gasteiger partial charge in [0.2, 0.25) is 5.95 Å². The summed E-state index contributed by atoms with van der Waals surface area (Å²) in [4.78, 5) is 30.9. The molecule has 7 atom stereocenters. The summed E-state index contributed by atoms with van der Waals surface area (Å²) in [6.07, 6.45) is -3.49. The Balaban J connectivity index is 1.88. The van der Waals surface area contributed by atoms with Crippen molar-refractivity contribution in [2.75, 3.05) is 5.73 Å². The molecule has 0 aliphatic carbocycles. The van der Waals surface area contributed by atoms with Crippen LogP contribution in [-0.4, -0.2) is 68.6 Å². The van der Waals surface area contributed by atoms with E-state index in [1.54, 1.807) is 20.8 Å². The Hall–Kier alpha value is -1.86. The van der Waals surface area contributed by atoms with E-state index in [9.17, 15) is 29.6 Å². The molecule has 1 saturated heterocycles. The van der Waals surface area contributed by atoms with Crippen LogP contribution in [0.5, 0.6) is 0 Å². The topological polar surface area (TPSA) is 195 Å².